The molecule has 0 saturated heterocycles. The Morgan fingerprint density at radius 2 is 0.469 bits per heavy atom. The number of ether oxygens (including phenoxy) is 4. The van der Waals surface area contributed by atoms with Crippen LogP contribution in [0.2, 0.25) is 0 Å². The molecule has 582 valence electrons. The lowest BCUT2D eigenvalue weighted by Gasteiger charge is -2.21. The van der Waals surface area contributed by atoms with E-state index in [9.17, 15) is 43.2 Å². The Hall–Kier alpha value is -1.94. The Kier molecular flexibility index (Phi) is 69.3. The number of phosphoric acid groups is 2. The van der Waals surface area contributed by atoms with Crippen molar-refractivity contribution in [2.24, 2.45) is 11.8 Å². The average Bonchev–Trinajstić information content (AvgIpc) is 1.06. The van der Waals surface area contributed by atoms with Crippen molar-refractivity contribution in [3.05, 3.63) is 0 Å². The van der Waals surface area contributed by atoms with Crippen LogP contribution in [-0.2, 0) is 65.4 Å². The molecule has 0 aromatic heterocycles. The maximum atomic E-state index is 13.1. The molecule has 0 aliphatic heterocycles. The van der Waals surface area contributed by atoms with E-state index in [4.69, 9.17) is 37.0 Å². The molecule has 0 aromatic rings. The zero-order valence-corrected chi connectivity index (χ0v) is 65.9. The van der Waals surface area contributed by atoms with Crippen LogP contribution in [0.3, 0.4) is 0 Å². The summed E-state index contributed by atoms with van der Waals surface area (Å²) < 4.78 is 68.6. The van der Waals surface area contributed by atoms with Crippen LogP contribution in [0, 0.1) is 11.8 Å². The second-order valence-electron chi connectivity index (χ2n) is 29.4. The standard InChI is InChI=1S/C79H154O17P2/c1-7-9-11-13-15-17-18-19-20-21-27-33-39-45-51-57-63-78(83)95-74(67-89-76(81)61-55-49-43-35-16-14-12-10-8-2)69-93-97(85,86)91-65-73(80)66-92-98(87,88)94-70-75(68-90-77(82)62-56-50-44-38-32-29-24-26-31-37-42-48-54-60-72(5)6)96-79(84)64-58-52-46-40-34-28-23-22-25-30-36-41-47-53-59-71(3)4/h71-75,80H,7-70H2,1-6H3,(H,85,86)(H,87,88)/t73-,74+,75+/m0/s1. The largest absolute Gasteiger partial charge is 0.472 e. The van der Waals surface area contributed by atoms with Gasteiger partial charge in [0.05, 0.1) is 26.4 Å². The summed E-state index contributed by atoms with van der Waals surface area (Å²) >= 11 is 0. The molecule has 0 amide bonds. The number of carbonyl (C=O) groups is 4. The molecule has 98 heavy (non-hydrogen) atoms. The third-order valence-electron chi connectivity index (χ3n) is 18.5. The fourth-order valence-corrected chi connectivity index (χ4v) is 13.8. The number of rotatable bonds is 78. The number of unbranched alkanes of at least 4 members (excludes halogenated alkanes) is 48. The van der Waals surface area contributed by atoms with E-state index in [0.29, 0.717) is 25.7 Å². The number of hydrogen-bond donors (Lipinski definition) is 3. The average molecular weight is 1440 g/mol. The van der Waals surface area contributed by atoms with Crippen molar-refractivity contribution in [1.29, 1.82) is 0 Å². The van der Waals surface area contributed by atoms with E-state index in [-0.39, 0.29) is 25.7 Å². The summed E-state index contributed by atoms with van der Waals surface area (Å²) in [6, 6.07) is 0. The lowest BCUT2D eigenvalue weighted by atomic mass is 10.0. The minimum Gasteiger partial charge on any atom is -0.462 e. The molecule has 0 spiro atoms. The Morgan fingerprint density at radius 3 is 0.694 bits per heavy atom. The van der Waals surface area contributed by atoms with E-state index < -0.39 is 97.5 Å². The smallest absolute Gasteiger partial charge is 0.462 e. The van der Waals surface area contributed by atoms with Gasteiger partial charge in [0.1, 0.15) is 19.3 Å². The SMILES string of the molecule is CCCCCCCCCCCCCCCCCCC(=O)O[C@H](COC(=O)CCCCCCCCCCC)COP(=O)(O)OC[C@H](O)COP(=O)(O)OC[C@@H](COC(=O)CCCCCCCCCCCCCCCC(C)C)OC(=O)CCCCCCCCCCCCCCCCC(C)C. The van der Waals surface area contributed by atoms with Crippen molar-refractivity contribution in [2.45, 2.75) is 432 Å². The maximum absolute atomic E-state index is 13.1. The van der Waals surface area contributed by atoms with E-state index in [1.165, 1.54) is 231 Å². The molecule has 0 aromatic carbocycles. The quantitative estimate of drug-likeness (QED) is 0.0222. The number of aliphatic hydroxyl groups excluding tert-OH is 1. The number of esters is 4. The molecule has 0 aliphatic rings. The minimum atomic E-state index is -4.96. The molecule has 19 heteroatoms. The number of carbonyl (C=O) groups excluding carboxylic acids is 4. The van der Waals surface area contributed by atoms with Crippen LogP contribution in [-0.4, -0.2) is 96.7 Å². The fourth-order valence-electron chi connectivity index (χ4n) is 12.2. The van der Waals surface area contributed by atoms with Crippen LogP contribution in [0.4, 0.5) is 0 Å². The van der Waals surface area contributed by atoms with Gasteiger partial charge in [-0.05, 0) is 37.5 Å². The van der Waals surface area contributed by atoms with Gasteiger partial charge in [0.15, 0.2) is 12.2 Å². The summed E-state index contributed by atoms with van der Waals surface area (Å²) in [7, 11) is -9.91. The van der Waals surface area contributed by atoms with Gasteiger partial charge in [0.2, 0.25) is 0 Å². The van der Waals surface area contributed by atoms with Gasteiger partial charge in [0, 0.05) is 25.7 Å². The van der Waals surface area contributed by atoms with Crippen molar-refractivity contribution in [2.75, 3.05) is 39.6 Å². The number of aliphatic hydroxyl groups is 1. The molecule has 0 heterocycles. The van der Waals surface area contributed by atoms with Gasteiger partial charge in [-0.15, -0.1) is 0 Å². The first-order chi connectivity index (χ1) is 47.4. The van der Waals surface area contributed by atoms with Gasteiger partial charge in [0.25, 0.3) is 0 Å². The van der Waals surface area contributed by atoms with Gasteiger partial charge in [-0.25, -0.2) is 9.13 Å². The summed E-state index contributed by atoms with van der Waals surface area (Å²) in [6.45, 7) is 9.65. The van der Waals surface area contributed by atoms with Crippen LogP contribution in [0.25, 0.3) is 0 Å². The Labute approximate surface area is 600 Å². The summed E-state index contributed by atoms with van der Waals surface area (Å²) in [5.74, 6) is -0.524. The zero-order chi connectivity index (χ0) is 72.1. The maximum Gasteiger partial charge on any atom is 0.472 e. The molecule has 0 fully saturated rings. The highest BCUT2D eigenvalue weighted by Crippen LogP contribution is 2.45. The predicted molar refractivity (Wildman–Crippen MR) is 400 cm³/mol. The predicted octanol–water partition coefficient (Wildman–Crippen LogP) is 23.5. The van der Waals surface area contributed by atoms with Crippen molar-refractivity contribution in [3.63, 3.8) is 0 Å². The lowest BCUT2D eigenvalue weighted by molar-refractivity contribution is -0.161. The molecule has 17 nitrogen and oxygen atoms in total. The van der Waals surface area contributed by atoms with Crippen molar-refractivity contribution in [1.82, 2.24) is 0 Å². The first-order valence-corrected chi connectivity index (χ1v) is 44.0. The van der Waals surface area contributed by atoms with Gasteiger partial charge in [-0.1, -0.05) is 363 Å². The fraction of sp³-hybridized carbons (Fsp3) is 0.949. The Balaban J connectivity index is 5.23. The second kappa shape index (κ2) is 70.7. The molecular formula is C79H154O17P2. The van der Waals surface area contributed by atoms with Crippen LogP contribution >= 0.6 is 15.6 Å². The molecule has 0 saturated carbocycles. The van der Waals surface area contributed by atoms with Gasteiger partial charge < -0.3 is 33.8 Å². The Morgan fingerprint density at radius 1 is 0.276 bits per heavy atom. The molecule has 3 N–H and O–H groups in total. The molecule has 0 radical (unpaired) electrons. The van der Waals surface area contributed by atoms with E-state index in [1.54, 1.807) is 0 Å². The van der Waals surface area contributed by atoms with Crippen LogP contribution < -0.4 is 0 Å². The minimum absolute atomic E-state index is 0.108. The summed E-state index contributed by atoms with van der Waals surface area (Å²) in [4.78, 5) is 72.9. The first-order valence-electron chi connectivity index (χ1n) is 41.0. The summed E-state index contributed by atoms with van der Waals surface area (Å²) in [5, 5.41) is 10.6. The highest BCUT2D eigenvalue weighted by atomic mass is 31.2. The van der Waals surface area contributed by atoms with Gasteiger partial charge in [-0.2, -0.15) is 0 Å². The summed E-state index contributed by atoms with van der Waals surface area (Å²) in [5.41, 5.74) is 0. The van der Waals surface area contributed by atoms with Crippen molar-refractivity contribution in [3.8, 4) is 0 Å². The monoisotopic (exact) mass is 1440 g/mol. The third kappa shape index (κ3) is 72.4. The van der Waals surface area contributed by atoms with Crippen molar-refractivity contribution < 1.29 is 80.2 Å². The molecule has 0 bridgehead atoms. The molecule has 0 aliphatic carbocycles. The second-order valence-corrected chi connectivity index (χ2v) is 32.3. The number of hydrogen-bond acceptors (Lipinski definition) is 15. The normalized spacial score (nSPS) is 13.9. The van der Waals surface area contributed by atoms with Gasteiger partial charge >= 0.3 is 39.5 Å². The van der Waals surface area contributed by atoms with E-state index >= 15 is 0 Å². The van der Waals surface area contributed by atoms with Crippen LogP contribution in [0.5, 0.6) is 0 Å². The summed E-state index contributed by atoms with van der Waals surface area (Å²) in [6.07, 6.45) is 59.6. The highest BCUT2D eigenvalue weighted by molar-refractivity contribution is 7.47. The molecule has 5 atom stereocenters. The number of phosphoric ester groups is 2. The van der Waals surface area contributed by atoms with Gasteiger partial charge in [-0.3, -0.25) is 37.3 Å². The molecule has 2 unspecified atom stereocenters. The van der Waals surface area contributed by atoms with Crippen molar-refractivity contribution >= 4 is 39.5 Å². The first kappa shape index (κ1) is 96.1. The zero-order valence-electron chi connectivity index (χ0n) is 64.1. The molecule has 0 rings (SSSR count). The molecular weight excluding hydrogens is 1280 g/mol. The van der Waals surface area contributed by atoms with E-state index in [1.807, 2.05) is 0 Å². The van der Waals surface area contributed by atoms with Crippen LogP contribution in [0.15, 0.2) is 0 Å². The topological polar surface area (TPSA) is 237 Å². The van der Waals surface area contributed by atoms with Crippen LogP contribution in [0.1, 0.15) is 414 Å². The van der Waals surface area contributed by atoms with E-state index in [0.717, 1.165) is 102 Å². The Bertz CT molecular complexity index is 1890. The highest BCUT2D eigenvalue weighted by Gasteiger charge is 2.30. The van der Waals surface area contributed by atoms with E-state index in [2.05, 4.69) is 41.5 Å². The third-order valence-corrected chi connectivity index (χ3v) is 20.4. The lowest BCUT2D eigenvalue weighted by Crippen LogP contribution is -2.30.